The predicted molar refractivity (Wildman–Crippen MR) is 130 cm³/mol. The van der Waals surface area contributed by atoms with Gasteiger partial charge in [0.15, 0.2) is 0 Å². The molecule has 2 aromatic carbocycles. The number of rotatable bonds is 7. The second kappa shape index (κ2) is 9.67. The summed E-state index contributed by atoms with van der Waals surface area (Å²) in [6, 6.07) is 14.2. The number of nitrogens with one attached hydrogen (secondary N) is 1. The summed E-state index contributed by atoms with van der Waals surface area (Å²) in [5.74, 6) is 0.191. The van der Waals surface area contributed by atoms with E-state index < -0.39 is 10.0 Å². The summed E-state index contributed by atoms with van der Waals surface area (Å²) in [5, 5.41) is 1.02. The molecule has 7 nitrogen and oxygen atoms in total. The normalized spacial score (nSPS) is 16.2. The fourth-order valence-electron chi connectivity index (χ4n) is 4.41. The minimum atomic E-state index is -3.69. The number of hydrogen-bond acceptors (Lipinski definition) is 4. The fourth-order valence-corrected chi connectivity index (χ4v) is 5.87. The molecule has 0 aliphatic carbocycles. The lowest BCUT2D eigenvalue weighted by Gasteiger charge is -2.31. The molecule has 1 N–H and O–H groups in total. The Balaban J connectivity index is 1.70. The van der Waals surface area contributed by atoms with Crippen molar-refractivity contribution < 1.29 is 17.9 Å². The van der Waals surface area contributed by atoms with Crippen molar-refractivity contribution in [2.75, 3.05) is 31.2 Å². The Labute approximate surface area is 195 Å². The van der Waals surface area contributed by atoms with Crippen molar-refractivity contribution in [3.8, 4) is 0 Å². The van der Waals surface area contributed by atoms with E-state index in [1.165, 1.54) is 10.4 Å². The Bertz CT molecular complexity index is 1230. The Morgan fingerprint density at radius 1 is 1.09 bits per heavy atom. The van der Waals surface area contributed by atoms with Gasteiger partial charge in [0.2, 0.25) is 10.0 Å². The van der Waals surface area contributed by atoms with E-state index >= 15 is 0 Å². The average Bonchev–Trinajstić information content (AvgIpc) is 3.27. The van der Waals surface area contributed by atoms with Crippen molar-refractivity contribution in [1.29, 1.82) is 0 Å². The lowest BCUT2D eigenvalue weighted by molar-refractivity contribution is 0.0730. The van der Waals surface area contributed by atoms with Crippen LogP contribution >= 0.6 is 0 Å². The Hall–Kier alpha value is -2.68. The molecule has 1 saturated heterocycles. The van der Waals surface area contributed by atoms with Crippen LogP contribution in [0.25, 0.3) is 10.9 Å². The first-order valence-corrected chi connectivity index (χ1v) is 12.8. The molecule has 0 spiro atoms. The van der Waals surface area contributed by atoms with Crippen LogP contribution in [0.4, 0.5) is 5.69 Å². The average molecular weight is 470 g/mol. The summed E-state index contributed by atoms with van der Waals surface area (Å²) in [7, 11) is -3.69. The van der Waals surface area contributed by atoms with Crippen LogP contribution in [0.2, 0.25) is 0 Å². The molecule has 1 fully saturated rings. The van der Waals surface area contributed by atoms with Gasteiger partial charge in [0, 0.05) is 47.5 Å². The van der Waals surface area contributed by atoms with Crippen molar-refractivity contribution in [3.63, 3.8) is 0 Å². The number of fused-ring (bicyclic) bond motifs is 1. The quantitative estimate of drug-likeness (QED) is 0.560. The van der Waals surface area contributed by atoms with E-state index in [2.05, 4.69) is 18.8 Å². The van der Waals surface area contributed by atoms with Gasteiger partial charge < -0.3 is 14.6 Å². The van der Waals surface area contributed by atoms with Gasteiger partial charge in [-0.2, -0.15) is 4.31 Å². The smallest absolute Gasteiger partial charge is 0.258 e. The molecule has 1 amide bonds. The van der Waals surface area contributed by atoms with Crippen molar-refractivity contribution in [2.45, 2.75) is 38.1 Å². The fraction of sp³-hybridized carbons (Fsp3) is 0.400. The summed E-state index contributed by atoms with van der Waals surface area (Å²) < 4.78 is 33.0. The van der Waals surface area contributed by atoms with E-state index in [1.54, 1.807) is 23.1 Å². The molecule has 1 aliphatic rings. The van der Waals surface area contributed by atoms with Gasteiger partial charge in [0.25, 0.3) is 5.91 Å². The van der Waals surface area contributed by atoms with Gasteiger partial charge >= 0.3 is 0 Å². The van der Waals surface area contributed by atoms with Crippen molar-refractivity contribution in [3.05, 3.63) is 60.3 Å². The number of amides is 1. The number of anilines is 1. The minimum Gasteiger partial charge on any atom is -0.379 e. The topological polar surface area (TPSA) is 82.7 Å². The number of sulfonamides is 1. The number of aromatic amines is 1. The van der Waals surface area contributed by atoms with Gasteiger partial charge in [0.05, 0.1) is 18.1 Å². The van der Waals surface area contributed by atoms with E-state index in [0.29, 0.717) is 37.8 Å². The van der Waals surface area contributed by atoms with E-state index in [1.807, 2.05) is 37.4 Å². The van der Waals surface area contributed by atoms with E-state index in [0.717, 1.165) is 23.0 Å². The molecule has 1 aromatic heterocycles. The molecule has 1 unspecified atom stereocenters. The van der Waals surface area contributed by atoms with Gasteiger partial charge in [-0.15, -0.1) is 0 Å². The third-order valence-electron chi connectivity index (χ3n) is 5.98. The number of H-pyrrole nitrogens is 1. The SMILES string of the molecule is CC(C)CC(C)N(C(=O)c1cccc(S(=O)(=O)N2CCOCC2)c1)c1ccc2[nH]ccc2c1. The van der Waals surface area contributed by atoms with E-state index in [9.17, 15) is 13.2 Å². The Morgan fingerprint density at radius 2 is 1.85 bits per heavy atom. The zero-order chi connectivity index (χ0) is 23.6. The highest BCUT2D eigenvalue weighted by molar-refractivity contribution is 7.89. The molecule has 0 radical (unpaired) electrons. The van der Waals surface area contributed by atoms with E-state index in [-0.39, 0.29) is 16.8 Å². The second-order valence-electron chi connectivity index (χ2n) is 8.95. The first-order chi connectivity index (χ1) is 15.8. The molecule has 0 bridgehead atoms. The van der Waals surface area contributed by atoms with Crippen molar-refractivity contribution >= 4 is 32.5 Å². The number of nitrogens with zero attached hydrogens (tertiary/aromatic N) is 2. The van der Waals surface area contributed by atoms with Crippen molar-refractivity contribution in [1.82, 2.24) is 9.29 Å². The maximum atomic E-state index is 13.8. The monoisotopic (exact) mass is 469 g/mol. The highest BCUT2D eigenvalue weighted by Gasteiger charge is 2.29. The number of benzene rings is 2. The summed E-state index contributed by atoms with van der Waals surface area (Å²) in [4.78, 5) is 18.9. The maximum absolute atomic E-state index is 13.8. The lowest BCUT2D eigenvalue weighted by Crippen LogP contribution is -2.41. The van der Waals surface area contributed by atoms with Crippen molar-refractivity contribution in [2.24, 2.45) is 5.92 Å². The highest BCUT2D eigenvalue weighted by Crippen LogP contribution is 2.28. The number of ether oxygens (including phenoxy) is 1. The Morgan fingerprint density at radius 3 is 2.58 bits per heavy atom. The number of hydrogen-bond donors (Lipinski definition) is 1. The predicted octanol–water partition coefficient (Wildman–Crippen LogP) is 4.27. The minimum absolute atomic E-state index is 0.0617. The van der Waals surface area contributed by atoms with Crippen LogP contribution in [0, 0.1) is 5.92 Å². The van der Waals surface area contributed by atoms with E-state index in [4.69, 9.17) is 4.74 Å². The van der Waals surface area contributed by atoms with Gasteiger partial charge in [-0.1, -0.05) is 19.9 Å². The molecule has 8 heteroatoms. The number of morpholine rings is 1. The lowest BCUT2D eigenvalue weighted by atomic mass is 10.0. The van der Waals surface area contributed by atoms with Gasteiger partial charge in [-0.3, -0.25) is 4.79 Å². The molecular formula is C25H31N3O4S. The summed E-state index contributed by atoms with van der Waals surface area (Å²) in [5.41, 5.74) is 2.15. The summed E-state index contributed by atoms with van der Waals surface area (Å²) >= 11 is 0. The van der Waals surface area contributed by atoms with Crippen LogP contribution in [0.1, 0.15) is 37.6 Å². The van der Waals surface area contributed by atoms with Gasteiger partial charge in [-0.25, -0.2) is 8.42 Å². The summed E-state index contributed by atoms with van der Waals surface area (Å²) in [6.07, 6.45) is 2.70. The van der Waals surface area contributed by atoms with Crippen LogP contribution in [0.3, 0.4) is 0 Å². The maximum Gasteiger partial charge on any atom is 0.258 e. The molecule has 0 saturated carbocycles. The van der Waals surface area contributed by atoms with Crippen LogP contribution < -0.4 is 4.90 Å². The first kappa shape index (κ1) is 23.5. The molecule has 1 atom stereocenters. The first-order valence-electron chi connectivity index (χ1n) is 11.4. The molecule has 3 aromatic rings. The van der Waals surface area contributed by atoms with Crippen LogP contribution in [0.15, 0.2) is 59.6 Å². The molecule has 33 heavy (non-hydrogen) atoms. The van der Waals surface area contributed by atoms with Gasteiger partial charge in [0.1, 0.15) is 0 Å². The molecule has 4 rings (SSSR count). The standard InChI is InChI=1S/C25H31N3O4S/c1-18(2)15-19(3)28(22-7-8-24-20(16-22)9-10-26-24)25(29)21-5-4-6-23(17-21)33(30,31)27-11-13-32-14-12-27/h4-10,16-19,26H,11-15H2,1-3H3. The largest absolute Gasteiger partial charge is 0.379 e. The molecule has 176 valence electrons. The summed E-state index contributed by atoms with van der Waals surface area (Å²) in [6.45, 7) is 7.67. The molecule has 2 heterocycles. The third-order valence-corrected chi connectivity index (χ3v) is 7.87. The van der Waals surface area contributed by atoms with Crippen LogP contribution in [0.5, 0.6) is 0 Å². The zero-order valence-corrected chi connectivity index (χ0v) is 20.1. The van der Waals surface area contributed by atoms with Gasteiger partial charge in [-0.05, 0) is 61.7 Å². The number of carbonyl (C=O) groups is 1. The second-order valence-corrected chi connectivity index (χ2v) is 10.9. The highest BCUT2D eigenvalue weighted by atomic mass is 32.2. The number of carbonyl (C=O) groups excluding carboxylic acids is 1. The Kier molecular flexibility index (Phi) is 6.88. The zero-order valence-electron chi connectivity index (χ0n) is 19.3. The van der Waals surface area contributed by atoms with Crippen LogP contribution in [-0.2, 0) is 14.8 Å². The third kappa shape index (κ3) is 4.98. The molecular weight excluding hydrogens is 438 g/mol. The molecule has 1 aliphatic heterocycles. The number of aromatic nitrogens is 1. The van der Waals surface area contributed by atoms with Crippen LogP contribution in [-0.4, -0.2) is 56.0 Å².